The van der Waals surface area contributed by atoms with Crippen LogP contribution in [0.1, 0.15) is 6.92 Å². The summed E-state index contributed by atoms with van der Waals surface area (Å²) in [6, 6.07) is 7.49. The third kappa shape index (κ3) is 4.08. The summed E-state index contributed by atoms with van der Waals surface area (Å²) in [5.74, 6) is -0.161. The number of rotatable bonds is 4. The molecule has 0 aliphatic heterocycles. The Bertz CT molecular complexity index is 385. The first-order valence-corrected chi connectivity index (χ1v) is 5.16. The molecule has 0 radical (unpaired) electrons. The molecular weight excluding hydrogens is 212 g/mol. The van der Waals surface area contributed by atoms with Gasteiger partial charge in [-0.05, 0) is 30.0 Å². The van der Waals surface area contributed by atoms with Gasteiger partial charge in [-0.1, -0.05) is 17.8 Å². The third-order valence-corrected chi connectivity index (χ3v) is 2.58. The molecule has 0 fully saturated rings. The molecule has 0 aliphatic carbocycles. The smallest absolute Gasteiger partial charge is 0.329 e. The van der Waals surface area contributed by atoms with Crippen molar-refractivity contribution >= 4 is 17.7 Å². The van der Waals surface area contributed by atoms with Gasteiger partial charge in [-0.3, -0.25) is 0 Å². The monoisotopic (exact) mass is 224 g/mol. The van der Waals surface area contributed by atoms with Crippen molar-refractivity contribution in [1.82, 2.24) is 0 Å². The van der Waals surface area contributed by atoms with Gasteiger partial charge in [-0.25, -0.2) is 4.79 Å². The lowest BCUT2D eigenvalue weighted by Gasteiger charge is -2.03. The van der Waals surface area contributed by atoms with Gasteiger partial charge in [0.15, 0.2) is 0 Å². The number of aliphatic carboxylic acids is 1. The predicted octanol–water partition coefficient (Wildman–Crippen LogP) is 2.78. The lowest BCUT2D eigenvalue weighted by atomic mass is 10.3. The van der Waals surface area contributed by atoms with E-state index < -0.39 is 5.97 Å². The normalized spacial score (nSPS) is 11.2. The Morgan fingerprint density at radius 1 is 1.53 bits per heavy atom. The number of carbonyl (C=O) groups is 1. The van der Waals surface area contributed by atoms with Gasteiger partial charge in [-0.2, -0.15) is 0 Å². The second-order valence-corrected chi connectivity index (χ2v) is 4.19. The molecule has 0 aliphatic rings. The molecule has 0 unspecified atom stereocenters. The number of benzene rings is 1. The van der Waals surface area contributed by atoms with Crippen LogP contribution in [-0.2, 0) is 4.79 Å². The van der Waals surface area contributed by atoms with Crippen molar-refractivity contribution in [2.75, 3.05) is 7.11 Å². The first-order valence-electron chi connectivity index (χ1n) is 4.35. The lowest BCUT2D eigenvalue weighted by molar-refractivity contribution is -0.131. The van der Waals surface area contributed by atoms with Crippen molar-refractivity contribution in [2.24, 2.45) is 0 Å². The molecule has 0 saturated heterocycles. The molecule has 0 amide bonds. The quantitative estimate of drug-likeness (QED) is 0.631. The van der Waals surface area contributed by atoms with Crippen LogP contribution < -0.4 is 4.74 Å². The summed E-state index contributed by atoms with van der Waals surface area (Å²) in [6.07, 6.45) is 1.18. The summed E-state index contributed by atoms with van der Waals surface area (Å²) in [5.41, 5.74) is 0. The first-order chi connectivity index (χ1) is 7.11. The van der Waals surface area contributed by atoms with E-state index in [9.17, 15) is 4.79 Å². The molecule has 0 heterocycles. The predicted molar refractivity (Wildman–Crippen MR) is 60.2 cm³/mol. The van der Waals surface area contributed by atoms with Crippen molar-refractivity contribution in [3.8, 4) is 5.75 Å². The highest BCUT2D eigenvalue weighted by molar-refractivity contribution is 8.03. The Labute approximate surface area is 92.8 Å². The molecule has 1 aromatic rings. The van der Waals surface area contributed by atoms with E-state index in [1.54, 1.807) is 14.0 Å². The second kappa shape index (κ2) is 5.46. The zero-order valence-corrected chi connectivity index (χ0v) is 9.38. The number of thioether (sulfide) groups is 1. The van der Waals surface area contributed by atoms with Crippen LogP contribution in [0.4, 0.5) is 0 Å². The Morgan fingerprint density at radius 2 is 2.27 bits per heavy atom. The van der Waals surface area contributed by atoms with Crippen molar-refractivity contribution in [3.63, 3.8) is 0 Å². The SMILES string of the molecule is COc1cccc(S/C(C)=C/C(=O)O)c1. The maximum Gasteiger partial charge on any atom is 0.329 e. The van der Waals surface area contributed by atoms with E-state index in [1.165, 1.54) is 17.8 Å². The van der Waals surface area contributed by atoms with Crippen LogP contribution >= 0.6 is 11.8 Å². The fraction of sp³-hybridized carbons (Fsp3) is 0.182. The second-order valence-electron chi connectivity index (χ2n) is 2.87. The minimum absolute atomic E-state index is 0.732. The highest BCUT2D eigenvalue weighted by Crippen LogP contribution is 2.28. The van der Waals surface area contributed by atoms with E-state index in [0.29, 0.717) is 0 Å². The number of allylic oxidation sites excluding steroid dienone is 1. The largest absolute Gasteiger partial charge is 0.497 e. The van der Waals surface area contributed by atoms with Crippen LogP contribution in [-0.4, -0.2) is 18.2 Å². The van der Waals surface area contributed by atoms with Crippen molar-refractivity contribution in [2.45, 2.75) is 11.8 Å². The fourth-order valence-corrected chi connectivity index (χ4v) is 1.91. The standard InChI is InChI=1S/C11H12O3S/c1-8(6-11(12)13)15-10-5-3-4-9(7-10)14-2/h3-7H,1-2H3,(H,12,13)/b8-6+. The molecule has 4 heteroatoms. The van der Waals surface area contributed by atoms with Gasteiger partial charge in [0.1, 0.15) is 5.75 Å². The Hall–Kier alpha value is -1.42. The molecule has 3 nitrogen and oxygen atoms in total. The number of hydrogen-bond donors (Lipinski definition) is 1. The number of carboxylic acids is 1. The Balaban J connectivity index is 2.76. The van der Waals surface area contributed by atoms with Gasteiger partial charge in [0, 0.05) is 11.0 Å². The highest BCUT2D eigenvalue weighted by Gasteiger charge is 1.99. The summed E-state index contributed by atoms with van der Waals surface area (Å²) in [5, 5.41) is 8.55. The van der Waals surface area contributed by atoms with Crippen LogP contribution in [0.25, 0.3) is 0 Å². The summed E-state index contributed by atoms with van der Waals surface area (Å²) in [7, 11) is 1.60. The minimum Gasteiger partial charge on any atom is -0.497 e. The van der Waals surface area contributed by atoms with E-state index in [2.05, 4.69) is 0 Å². The Kier molecular flexibility index (Phi) is 4.24. The third-order valence-electron chi connectivity index (χ3n) is 1.65. The molecule has 0 saturated carbocycles. The molecule has 15 heavy (non-hydrogen) atoms. The topological polar surface area (TPSA) is 46.5 Å². The molecule has 0 atom stereocenters. The first kappa shape index (κ1) is 11.7. The molecular formula is C11H12O3S. The van der Waals surface area contributed by atoms with Gasteiger partial charge >= 0.3 is 5.97 Å². The molecule has 80 valence electrons. The average Bonchev–Trinajstić information content (AvgIpc) is 2.16. The molecule has 0 spiro atoms. The van der Waals surface area contributed by atoms with Crippen LogP contribution in [0.2, 0.25) is 0 Å². The van der Waals surface area contributed by atoms with Gasteiger partial charge in [0.25, 0.3) is 0 Å². The van der Waals surface area contributed by atoms with Crippen LogP contribution in [0.15, 0.2) is 40.1 Å². The molecule has 1 N–H and O–H groups in total. The average molecular weight is 224 g/mol. The number of methoxy groups -OCH3 is 1. The van der Waals surface area contributed by atoms with Crippen molar-refractivity contribution in [3.05, 3.63) is 35.2 Å². The van der Waals surface area contributed by atoms with Crippen molar-refractivity contribution in [1.29, 1.82) is 0 Å². The van der Waals surface area contributed by atoms with Crippen LogP contribution in [0.5, 0.6) is 5.75 Å². The zero-order chi connectivity index (χ0) is 11.3. The minimum atomic E-state index is -0.928. The molecule has 1 aromatic carbocycles. The number of hydrogen-bond acceptors (Lipinski definition) is 3. The zero-order valence-electron chi connectivity index (χ0n) is 8.56. The molecule has 0 aromatic heterocycles. The lowest BCUT2D eigenvalue weighted by Crippen LogP contribution is -1.88. The number of carboxylic acid groups (broad SMARTS) is 1. The van der Waals surface area contributed by atoms with Gasteiger partial charge in [0.05, 0.1) is 7.11 Å². The highest BCUT2D eigenvalue weighted by atomic mass is 32.2. The van der Waals surface area contributed by atoms with E-state index in [-0.39, 0.29) is 0 Å². The maximum atomic E-state index is 10.4. The summed E-state index contributed by atoms with van der Waals surface area (Å²) < 4.78 is 5.07. The fourth-order valence-electron chi connectivity index (χ4n) is 1.05. The summed E-state index contributed by atoms with van der Waals surface area (Å²) >= 11 is 1.40. The Morgan fingerprint density at radius 3 is 2.87 bits per heavy atom. The number of ether oxygens (including phenoxy) is 1. The summed E-state index contributed by atoms with van der Waals surface area (Å²) in [4.78, 5) is 12.1. The van der Waals surface area contributed by atoms with E-state index in [1.807, 2.05) is 24.3 Å². The molecule has 1 rings (SSSR count). The molecule has 0 bridgehead atoms. The van der Waals surface area contributed by atoms with E-state index in [4.69, 9.17) is 9.84 Å². The van der Waals surface area contributed by atoms with E-state index >= 15 is 0 Å². The maximum absolute atomic E-state index is 10.4. The van der Waals surface area contributed by atoms with E-state index in [0.717, 1.165) is 15.6 Å². The van der Waals surface area contributed by atoms with Gasteiger partial charge < -0.3 is 9.84 Å². The van der Waals surface area contributed by atoms with Crippen LogP contribution in [0.3, 0.4) is 0 Å². The van der Waals surface area contributed by atoms with Crippen molar-refractivity contribution < 1.29 is 14.6 Å². The van der Waals surface area contributed by atoms with Crippen LogP contribution in [0, 0.1) is 0 Å². The summed E-state index contributed by atoms with van der Waals surface area (Å²) in [6.45, 7) is 1.76. The van der Waals surface area contributed by atoms with Gasteiger partial charge in [0.2, 0.25) is 0 Å². The van der Waals surface area contributed by atoms with Gasteiger partial charge in [-0.15, -0.1) is 0 Å².